The molecule has 1 N–H and O–H groups in total. The van der Waals surface area contributed by atoms with Crippen LogP contribution in [0.15, 0.2) is 27.8 Å². The second-order valence-electron chi connectivity index (χ2n) is 3.24. The molecule has 1 aromatic rings. The summed E-state index contributed by atoms with van der Waals surface area (Å²) in [6.07, 6.45) is -2.69. The fourth-order valence-corrected chi connectivity index (χ4v) is 2.29. The lowest BCUT2D eigenvalue weighted by Crippen LogP contribution is -2.37. The quantitative estimate of drug-likeness (QED) is 0.715. The zero-order chi connectivity index (χ0) is 11.1. The van der Waals surface area contributed by atoms with E-state index < -0.39 is 12.2 Å². The molecule has 5 heteroatoms. The van der Waals surface area contributed by atoms with Crippen molar-refractivity contribution in [3.63, 3.8) is 0 Å². The van der Waals surface area contributed by atoms with Crippen molar-refractivity contribution >= 4 is 34.4 Å². The third-order valence-corrected chi connectivity index (χ3v) is 3.09. The summed E-state index contributed by atoms with van der Waals surface area (Å²) in [7, 11) is 0. The van der Waals surface area contributed by atoms with Gasteiger partial charge in [0.15, 0.2) is 6.04 Å². The van der Waals surface area contributed by atoms with E-state index in [9.17, 15) is 13.2 Å². The topological polar surface area (TPSA) is 12.0 Å². The van der Waals surface area contributed by atoms with E-state index in [0.717, 1.165) is 5.56 Å². The number of alkyl halides is 3. The van der Waals surface area contributed by atoms with Gasteiger partial charge in [-0.05, 0) is 40.3 Å². The fourth-order valence-electron chi connectivity index (χ4n) is 1.45. The Kier molecular flexibility index (Phi) is 2.66. The Morgan fingerprint density at radius 1 is 1.20 bits per heavy atom. The summed E-state index contributed by atoms with van der Waals surface area (Å²) in [4.78, 5) is 0. The van der Waals surface area contributed by atoms with Gasteiger partial charge < -0.3 is 5.32 Å². The number of nitrogens with one attached hydrogen (secondary N) is 1. The van der Waals surface area contributed by atoms with E-state index in [1.807, 2.05) is 0 Å². The number of anilines is 1. The zero-order valence-corrected chi connectivity index (χ0v) is 9.63. The minimum atomic E-state index is -4.25. The van der Waals surface area contributed by atoms with Crippen molar-refractivity contribution in [2.75, 3.05) is 5.32 Å². The average Bonchev–Trinajstić information content (AvgIpc) is 2.15. The van der Waals surface area contributed by atoms with Crippen molar-refractivity contribution in [3.05, 3.63) is 33.4 Å². The van der Waals surface area contributed by atoms with E-state index in [1.54, 1.807) is 52.9 Å². The van der Waals surface area contributed by atoms with Gasteiger partial charge in [-0.15, -0.1) is 0 Å². The molecule has 80 valence electrons. The summed E-state index contributed by atoms with van der Waals surface area (Å²) in [5, 5.41) is 2.49. The highest BCUT2D eigenvalue weighted by molar-refractivity contribution is 14.1. The Bertz CT molecular complexity index is 411. The molecule has 0 saturated heterocycles. The van der Waals surface area contributed by atoms with Crippen molar-refractivity contribution in [1.82, 2.24) is 0 Å². The smallest absolute Gasteiger partial charge is 0.370 e. The van der Waals surface area contributed by atoms with Gasteiger partial charge in [0.2, 0.25) is 0 Å². The maximum absolute atomic E-state index is 12.6. The summed E-state index contributed by atoms with van der Waals surface area (Å²) in [5.74, 6) is 0. The molecule has 1 heterocycles. The Labute approximate surface area is 98.5 Å². The lowest BCUT2D eigenvalue weighted by Gasteiger charge is -2.27. The average molecular weight is 325 g/mol. The molecule has 0 amide bonds. The van der Waals surface area contributed by atoms with Crippen LogP contribution >= 0.6 is 22.6 Å². The Morgan fingerprint density at radius 2 is 1.87 bits per heavy atom. The number of halogens is 4. The lowest BCUT2D eigenvalue weighted by atomic mass is 10.1. The largest absolute Gasteiger partial charge is 0.413 e. The van der Waals surface area contributed by atoms with Crippen molar-refractivity contribution in [1.29, 1.82) is 0 Å². The molecule has 1 aromatic carbocycles. The van der Waals surface area contributed by atoms with Crippen LogP contribution in [0.2, 0.25) is 0 Å². The van der Waals surface area contributed by atoms with Gasteiger partial charge in [-0.1, -0.05) is 18.2 Å². The number of rotatable bonds is 0. The van der Waals surface area contributed by atoms with Gasteiger partial charge in [0.1, 0.15) is 0 Å². The van der Waals surface area contributed by atoms with Crippen molar-refractivity contribution < 1.29 is 13.2 Å². The van der Waals surface area contributed by atoms with Gasteiger partial charge in [0, 0.05) is 9.27 Å². The zero-order valence-electron chi connectivity index (χ0n) is 7.48. The van der Waals surface area contributed by atoms with Crippen LogP contribution < -0.4 is 5.32 Å². The normalized spacial score (nSPS) is 20.3. The third-order valence-electron chi connectivity index (χ3n) is 2.16. The molecule has 0 bridgehead atoms. The predicted molar refractivity (Wildman–Crippen MR) is 61.9 cm³/mol. The maximum atomic E-state index is 12.6. The van der Waals surface area contributed by atoms with E-state index >= 15 is 0 Å². The lowest BCUT2D eigenvalue weighted by molar-refractivity contribution is -0.132. The van der Waals surface area contributed by atoms with Crippen LogP contribution in [-0.4, -0.2) is 12.2 Å². The molecule has 1 nitrogen and oxygen atoms in total. The van der Waals surface area contributed by atoms with Crippen molar-refractivity contribution in [2.45, 2.75) is 12.2 Å². The van der Waals surface area contributed by atoms with Crippen LogP contribution in [0, 0.1) is 0 Å². The monoisotopic (exact) mass is 325 g/mol. The molecule has 1 unspecified atom stereocenters. The molecular weight excluding hydrogens is 318 g/mol. The van der Waals surface area contributed by atoms with Gasteiger partial charge >= 0.3 is 6.18 Å². The first-order valence-corrected chi connectivity index (χ1v) is 5.36. The molecule has 1 aliphatic rings. The van der Waals surface area contributed by atoms with Gasteiger partial charge in [-0.3, -0.25) is 0 Å². The molecular formula is C10H7F3IN. The van der Waals surface area contributed by atoms with E-state index in [4.69, 9.17) is 0 Å². The van der Waals surface area contributed by atoms with Gasteiger partial charge in [0.25, 0.3) is 0 Å². The second kappa shape index (κ2) is 3.70. The number of benzene rings is 1. The fraction of sp³-hybridized carbons (Fsp3) is 0.200. The van der Waals surface area contributed by atoms with E-state index in [1.165, 1.54) is 0 Å². The van der Waals surface area contributed by atoms with Crippen LogP contribution in [0.1, 0.15) is 5.56 Å². The number of hydrogen-bond donors (Lipinski definition) is 1. The summed E-state index contributed by atoms with van der Waals surface area (Å²) in [6, 6.07) is 5.37. The van der Waals surface area contributed by atoms with Crippen molar-refractivity contribution in [2.24, 2.45) is 0 Å². The minimum Gasteiger partial charge on any atom is -0.370 e. The molecule has 2 rings (SSSR count). The predicted octanol–water partition coefficient (Wildman–Crippen LogP) is 3.82. The number of fused-ring (bicyclic) bond motifs is 1. The highest BCUT2D eigenvalue weighted by Gasteiger charge is 2.42. The highest BCUT2D eigenvalue weighted by atomic mass is 127. The first-order chi connectivity index (χ1) is 6.98. The molecule has 0 aliphatic carbocycles. The number of para-hydroxylation sites is 1. The van der Waals surface area contributed by atoms with Gasteiger partial charge in [0.05, 0.1) is 0 Å². The Balaban J connectivity index is 2.41. The summed E-state index contributed by atoms with van der Waals surface area (Å²) in [6.45, 7) is 0. The van der Waals surface area contributed by atoms with Crippen LogP contribution in [0.3, 0.4) is 0 Å². The van der Waals surface area contributed by atoms with Crippen LogP contribution in [0.5, 0.6) is 0 Å². The summed E-state index contributed by atoms with van der Waals surface area (Å²) < 4.78 is 38.0. The third kappa shape index (κ3) is 2.11. The molecule has 0 fully saturated rings. The van der Waals surface area contributed by atoms with Crippen LogP contribution in [0.25, 0.3) is 6.08 Å². The molecule has 1 aliphatic heterocycles. The SMILES string of the molecule is FC(F)(F)C1Nc2ccccc2C=C1I. The Hall–Kier alpha value is -0.720. The minimum absolute atomic E-state index is 0.263. The van der Waals surface area contributed by atoms with E-state index in [0.29, 0.717) is 5.69 Å². The van der Waals surface area contributed by atoms with Gasteiger partial charge in [-0.25, -0.2) is 0 Å². The number of hydrogen-bond acceptors (Lipinski definition) is 1. The first kappa shape index (κ1) is 10.8. The first-order valence-electron chi connectivity index (χ1n) is 4.28. The van der Waals surface area contributed by atoms with E-state index in [2.05, 4.69) is 5.32 Å². The van der Waals surface area contributed by atoms with Gasteiger partial charge in [-0.2, -0.15) is 13.2 Å². The maximum Gasteiger partial charge on any atom is 0.413 e. The molecule has 15 heavy (non-hydrogen) atoms. The molecule has 1 atom stereocenters. The van der Waals surface area contributed by atoms with E-state index in [-0.39, 0.29) is 3.58 Å². The standard InChI is InChI=1S/C10H7F3IN/c11-10(12,13)9-7(14)5-6-3-1-2-4-8(6)15-9/h1-5,9,15H. The summed E-state index contributed by atoms with van der Waals surface area (Å²) in [5.41, 5.74) is 1.32. The highest BCUT2D eigenvalue weighted by Crippen LogP contribution is 2.37. The van der Waals surface area contributed by atoms with Crippen molar-refractivity contribution in [3.8, 4) is 0 Å². The van der Waals surface area contributed by atoms with Crippen LogP contribution in [-0.2, 0) is 0 Å². The second-order valence-corrected chi connectivity index (χ2v) is 4.48. The molecule has 0 radical (unpaired) electrons. The molecule has 0 spiro atoms. The molecule has 0 aromatic heterocycles. The molecule has 0 saturated carbocycles. The summed E-state index contributed by atoms with van der Waals surface area (Å²) >= 11 is 1.72. The Morgan fingerprint density at radius 3 is 2.53 bits per heavy atom. The van der Waals surface area contributed by atoms with Crippen LogP contribution in [0.4, 0.5) is 18.9 Å².